The number of carbonyl (C=O) groups excluding carboxylic acids is 1. The summed E-state index contributed by atoms with van der Waals surface area (Å²) in [6.07, 6.45) is 1.54. The molecule has 1 saturated heterocycles. The fourth-order valence-corrected chi connectivity index (χ4v) is 3.13. The Hall–Kier alpha value is -1.71. The lowest BCUT2D eigenvalue weighted by molar-refractivity contribution is 0.0963. The van der Waals surface area contributed by atoms with Crippen LogP contribution in [0.2, 0.25) is 0 Å². The number of guanidine groups is 1. The summed E-state index contributed by atoms with van der Waals surface area (Å²) in [5.74, 6) is 1.70. The predicted octanol–water partition coefficient (Wildman–Crippen LogP) is 3.30. The summed E-state index contributed by atoms with van der Waals surface area (Å²) in [6.45, 7) is 9.04. The Balaban J connectivity index is 0.00000392. The van der Waals surface area contributed by atoms with Crippen LogP contribution in [0.15, 0.2) is 23.2 Å². The van der Waals surface area contributed by atoms with Crippen LogP contribution in [0.1, 0.15) is 37.8 Å². The van der Waals surface area contributed by atoms with Gasteiger partial charge in [-0.25, -0.2) is 4.79 Å². The maximum Gasteiger partial charge on any atom is 0.409 e. The number of piperidine rings is 1. The van der Waals surface area contributed by atoms with Gasteiger partial charge < -0.3 is 25.0 Å². The molecule has 0 aromatic heterocycles. The molecule has 2 rings (SSSR count). The molecule has 1 fully saturated rings. The van der Waals surface area contributed by atoms with E-state index in [4.69, 9.17) is 9.47 Å². The van der Waals surface area contributed by atoms with E-state index in [1.54, 1.807) is 11.9 Å². The van der Waals surface area contributed by atoms with E-state index in [0.29, 0.717) is 38.9 Å². The van der Waals surface area contributed by atoms with Crippen molar-refractivity contribution < 1.29 is 14.3 Å². The van der Waals surface area contributed by atoms with Gasteiger partial charge in [0.05, 0.1) is 13.2 Å². The van der Waals surface area contributed by atoms with E-state index in [2.05, 4.69) is 34.7 Å². The number of halogens is 1. The first-order chi connectivity index (χ1) is 13.1. The van der Waals surface area contributed by atoms with Crippen molar-refractivity contribution in [3.63, 3.8) is 0 Å². The second-order valence-corrected chi connectivity index (χ2v) is 6.56. The third kappa shape index (κ3) is 7.37. The number of aryl methyl sites for hydroxylation is 1. The van der Waals surface area contributed by atoms with Gasteiger partial charge in [0, 0.05) is 32.7 Å². The van der Waals surface area contributed by atoms with Crippen molar-refractivity contribution in [1.82, 2.24) is 15.5 Å². The SMILES string of the molecule is CCOC(=O)N1CCC(NC(=NC)NCc2ccc(OCC)c(C)c2)CC1.I. The zero-order chi connectivity index (χ0) is 19.6. The van der Waals surface area contributed by atoms with Gasteiger partial charge in [-0.05, 0) is 50.8 Å². The molecule has 0 bridgehead atoms. The maximum absolute atomic E-state index is 11.8. The summed E-state index contributed by atoms with van der Waals surface area (Å²) in [5.41, 5.74) is 2.31. The third-order valence-electron chi connectivity index (χ3n) is 4.58. The molecule has 2 N–H and O–H groups in total. The zero-order valence-corrected chi connectivity index (χ0v) is 19.6. The first-order valence-corrected chi connectivity index (χ1v) is 9.68. The molecule has 28 heavy (non-hydrogen) atoms. The van der Waals surface area contributed by atoms with Crippen molar-refractivity contribution in [3.8, 4) is 5.75 Å². The second kappa shape index (κ2) is 12.7. The van der Waals surface area contributed by atoms with Crippen molar-refractivity contribution >= 4 is 36.0 Å². The highest BCUT2D eigenvalue weighted by Crippen LogP contribution is 2.19. The van der Waals surface area contributed by atoms with Crippen molar-refractivity contribution in [1.29, 1.82) is 0 Å². The highest BCUT2D eigenvalue weighted by atomic mass is 127. The van der Waals surface area contributed by atoms with Crippen LogP contribution >= 0.6 is 24.0 Å². The number of hydrogen-bond donors (Lipinski definition) is 2. The summed E-state index contributed by atoms with van der Waals surface area (Å²) in [6, 6.07) is 6.50. The third-order valence-corrected chi connectivity index (χ3v) is 4.58. The Labute approximate surface area is 185 Å². The molecule has 7 nitrogen and oxygen atoms in total. The standard InChI is InChI=1S/C20H32N4O3.HI/c1-5-26-18-8-7-16(13-15(18)3)14-22-19(21-4)23-17-9-11-24(12-10-17)20(25)27-6-2;/h7-8,13,17H,5-6,9-12,14H2,1-4H3,(H2,21,22,23);1H. The van der Waals surface area contributed by atoms with Gasteiger partial charge in [0.25, 0.3) is 0 Å². The summed E-state index contributed by atoms with van der Waals surface area (Å²) in [4.78, 5) is 17.9. The van der Waals surface area contributed by atoms with Crippen LogP contribution in [0.5, 0.6) is 5.75 Å². The van der Waals surface area contributed by atoms with Gasteiger partial charge in [0.15, 0.2) is 5.96 Å². The molecule has 0 spiro atoms. The monoisotopic (exact) mass is 504 g/mol. The average Bonchev–Trinajstić information content (AvgIpc) is 2.68. The van der Waals surface area contributed by atoms with Gasteiger partial charge in [-0.15, -0.1) is 24.0 Å². The van der Waals surface area contributed by atoms with E-state index in [9.17, 15) is 4.79 Å². The highest BCUT2D eigenvalue weighted by Gasteiger charge is 2.24. The summed E-state index contributed by atoms with van der Waals surface area (Å²) in [7, 11) is 1.77. The molecule has 1 aromatic rings. The number of hydrogen-bond acceptors (Lipinski definition) is 4. The fourth-order valence-electron chi connectivity index (χ4n) is 3.13. The van der Waals surface area contributed by atoms with Crippen molar-refractivity contribution in [2.45, 2.75) is 46.2 Å². The van der Waals surface area contributed by atoms with Gasteiger partial charge in [0.1, 0.15) is 5.75 Å². The minimum absolute atomic E-state index is 0. The Morgan fingerprint density at radius 1 is 1.25 bits per heavy atom. The van der Waals surface area contributed by atoms with E-state index in [0.717, 1.165) is 30.1 Å². The Morgan fingerprint density at radius 3 is 2.54 bits per heavy atom. The van der Waals surface area contributed by atoms with E-state index in [1.165, 1.54) is 5.56 Å². The molecular weight excluding hydrogens is 471 g/mol. The molecule has 1 heterocycles. The van der Waals surface area contributed by atoms with Crippen LogP contribution in [0.4, 0.5) is 4.79 Å². The van der Waals surface area contributed by atoms with E-state index in [1.807, 2.05) is 19.9 Å². The molecule has 0 aliphatic carbocycles. The molecule has 0 unspecified atom stereocenters. The topological polar surface area (TPSA) is 75.2 Å². The van der Waals surface area contributed by atoms with Crippen LogP contribution < -0.4 is 15.4 Å². The minimum atomic E-state index is -0.218. The summed E-state index contributed by atoms with van der Waals surface area (Å²) >= 11 is 0. The lowest BCUT2D eigenvalue weighted by Gasteiger charge is -2.32. The van der Waals surface area contributed by atoms with E-state index < -0.39 is 0 Å². The number of likely N-dealkylation sites (tertiary alicyclic amines) is 1. The number of amides is 1. The van der Waals surface area contributed by atoms with Crippen molar-refractivity contribution in [2.75, 3.05) is 33.4 Å². The quantitative estimate of drug-likeness (QED) is 0.354. The van der Waals surface area contributed by atoms with Crippen LogP contribution in [0.3, 0.4) is 0 Å². The maximum atomic E-state index is 11.8. The number of ether oxygens (including phenoxy) is 2. The summed E-state index contributed by atoms with van der Waals surface area (Å²) in [5, 5.41) is 6.81. The molecule has 1 aromatic carbocycles. The van der Waals surface area contributed by atoms with E-state index in [-0.39, 0.29) is 30.1 Å². The largest absolute Gasteiger partial charge is 0.494 e. The number of aliphatic imine (C=N–C) groups is 1. The van der Waals surface area contributed by atoms with Gasteiger partial charge in [-0.3, -0.25) is 4.99 Å². The molecule has 1 aliphatic heterocycles. The van der Waals surface area contributed by atoms with Gasteiger partial charge in [-0.2, -0.15) is 0 Å². The normalized spacial score (nSPS) is 14.9. The molecule has 8 heteroatoms. The number of nitrogens with zero attached hydrogens (tertiary/aromatic N) is 2. The molecule has 158 valence electrons. The first kappa shape index (κ1) is 24.3. The van der Waals surface area contributed by atoms with Crippen LogP contribution in [-0.4, -0.2) is 56.3 Å². The van der Waals surface area contributed by atoms with Crippen molar-refractivity contribution in [2.24, 2.45) is 4.99 Å². The van der Waals surface area contributed by atoms with Crippen LogP contribution in [-0.2, 0) is 11.3 Å². The molecule has 1 amide bonds. The number of carbonyl (C=O) groups is 1. The van der Waals surface area contributed by atoms with Gasteiger partial charge in [0.2, 0.25) is 0 Å². The smallest absolute Gasteiger partial charge is 0.409 e. The Bertz CT molecular complexity index is 646. The van der Waals surface area contributed by atoms with Gasteiger partial charge >= 0.3 is 6.09 Å². The number of benzene rings is 1. The first-order valence-electron chi connectivity index (χ1n) is 9.68. The predicted molar refractivity (Wildman–Crippen MR) is 123 cm³/mol. The van der Waals surface area contributed by atoms with Crippen LogP contribution in [0.25, 0.3) is 0 Å². The van der Waals surface area contributed by atoms with Crippen LogP contribution in [0, 0.1) is 6.92 Å². The molecule has 0 radical (unpaired) electrons. The summed E-state index contributed by atoms with van der Waals surface area (Å²) < 4.78 is 10.6. The highest BCUT2D eigenvalue weighted by molar-refractivity contribution is 14.0. The Morgan fingerprint density at radius 2 is 1.96 bits per heavy atom. The second-order valence-electron chi connectivity index (χ2n) is 6.56. The fraction of sp³-hybridized carbons (Fsp3) is 0.600. The molecule has 0 saturated carbocycles. The number of rotatable bonds is 6. The molecular formula is C20H33IN4O3. The van der Waals surface area contributed by atoms with Crippen molar-refractivity contribution in [3.05, 3.63) is 29.3 Å². The van der Waals surface area contributed by atoms with Gasteiger partial charge in [-0.1, -0.05) is 12.1 Å². The number of nitrogens with one attached hydrogen (secondary N) is 2. The Kier molecular flexibility index (Phi) is 11.0. The average molecular weight is 504 g/mol. The molecule has 0 atom stereocenters. The lowest BCUT2D eigenvalue weighted by Crippen LogP contribution is -2.49. The minimum Gasteiger partial charge on any atom is -0.494 e. The lowest BCUT2D eigenvalue weighted by atomic mass is 10.1. The van der Waals surface area contributed by atoms with E-state index >= 15 is 0 Å². The molecule has 1 aliphatic rings. The zero-order valence-electron chi connectivity index (χ0n) is 17.3.